The minimum atomic E-state index is -0.821. The van der Waals surface area contributed by atoms with Crippen molar-refractivity contribution in [2.45, 2.75) is 39.0 Å². The molecular weight excluding hydrogens is 506 g/mol. The Kier molecular flexibility index (Phi) is 7.73. The summed E-state index contributed by atoms with van der Waals surface area (Å²) in [5.74, 6) is 0.286. The SMILES string of the molecule is COc1ccc(/C(O)=C2/C(=O)C(=O)N(Cc3ccco3)C2c2ccc(OCc3ccccc3)cc2)cc1C(C)C. The topological polar surface area (TPSA) is 89.2 Å². The van der Waals surface area contributed by atoms with Gasteiger partial charge in [-0.05, 0) is 65.1 Å². The van der Waals surface area contributed by atoms with Gasteiger partial charge in [0.15, 0.2) is 0 Å². The average molecular weight is 538 g/mol. The van der Waals surface area contributed by atoms with Crippen molar-refractivity contribution in [3.05, 3.63) is 125 Å². The lowest BCUT2D eigenvalue weighted by atomic mass is 9.93. The molecule has 1 aliphatic rings. The summed E-state index contributed by atoms with van der Waals surface area (Å²) in [4.78, 5) is 28.2. The van der Waals surface area contributed by atoms with E-state index in [0.717, 1.165) is 11.1 Å². The number of furan rings is 1. The number of rotatable bonds is 9. The number of likely N-dealkylation sites (tertiary alicyclic amines) is 1. The van der Waals surface area contributed by atoms with Crippen molar-refractivity contribution >= 4 is 17.4 Å². The number of methoxy groups -OCH3 is 1. The highest BCUT2D eigenvalue weighted by Crippen LogP contribution is 2.41. The quantitative estimate of drug-likeness (QED) is 0.147. The molecule has 0 saturated carbocycles. The van der Waals surface area contributed by atoms with Gasteiger partial charge in [-0.3, -0.25) is 9.59 Å². The lowest BCUT2D eigenvalue weighted by Gasteiger charge is -2.25. The van der Waals surface area contributed by atoms with E-state index in [-0.39, 0.29) is 23.8 Å². The van der Waals surface area contributed by atoms with Gasteiger partial charge < -0.3 is 23.9 Å². The maximum absolute atomic E-state index is 13.4. The number of aliphatic hydroxyl groups is 1. The van der Waals surface area contributed by atoms with Gasteiger partial charge in [-0.2, -0.15) is 0 Å². The highest BCUT2D eigenvalue weighted by Gasteiger charge is 2.46. The van der Waals surface area contributed by atoms with Gasteiger partial charge in [0.1, 0.15) is 29.6 Å². The molecule has 1 N–H and O–H groups in total. The first kappa shape index (κ1) is 26.8. The highest BCUT2D eigenvalue weighted by atomic mass is 16.5. The molecule has 3 aromatic carbocycles. The van der Waals surface area contributed by atoms with E-state index in [0.29, 0.717) is 35.0 Å². The smallest absolute Gasteiger partial charge is 0.296 e. The number of hydrogen-bond acceptors (Lipinski definition) is 6. The Balaban J connectivity index is 1.54. The molecule has 40 heavy (non-hydrogen) atoms. The van der Waals surface area contributed by atoms with Gasteiger partial charge in [0.05, 0.1) is 31.5 Å². The summed E-state index contributed by atoms with van der Waals surface area (Å²) in [7, 11) is 1.59. The number of ketones is 1. The van der Waals surface area contributed by atoms with Crippen LogP contribution in [0.3, 0.4) is 0 Å². The zero-order valence-corrected chi connectivity index (χ0v) is 22.7. The first-order valence-electron chi connectivity index (χ1n) is 13.1. The molecule has 1 amide bonds. The van der Waals surface area contributed by atoms with Crippen molar-refractivity contribution in [3.63, 3.8) is 0 Å². The summed E-state index contributed by atoms with van der Waals surface area (Å²) in [5.41, 5.74) is 3.05. The summed E-state index contributed by atoms with van der Waals surface area (Å²) in [6.45, 7) is 4.52. The van der Waals surface area contributed by atoms with Crippen LogP contribution in [0.15, 0.2) is 101 Å². The average Bonchev–Trinajstić information content (AvgIpc) is 3.58. The van der Waals surface area contributed by atoms with Crippen LogP contribution in [0.1, 0.15) is 53.8 Å². The van der Waals surface area contributed by atoms with Crippen LogP contribution in [-0.2, 0) is 22.7 Å². The first-order chi connectivity index (χ1) is 19.4. The third kappa shape index (κ3) is 5.36. The molecule has 5 rings (SSSR count). The lowest BCUT2D eigenvalue weighted by molar-refractivity contribution is -0.140. The largest absolute Gasteiger partial charge is 0.507 e. The maximum atomic E-state index is 13.4. The molecule has 4 aromatic rings. The number of nitrogens with zero attached hydrogens (tertiary/aromatic N) is 1. The van der Waals surface area contributed by atoms with Gasteiger partial charge in [0, 0.05) is 5.56 Å². The molecule has 1 saturated heterocycles. The van der Waals surface area contributed by atoms with Crippen LogP contribution in [0.5, 0.6) is 11.5 Å². The second kappa shape index (κ2) is 11.5. The van der Waals surface area contributed by atoms with Crippen LogP contribution in [0.4, 0.5) is 0 Å². The van der Waals surface area contributed by atoms with Crippen molar-refractivity contribution in [1.29, 1.82) is 0 Å². The van der Waals surface area contributed by atoms with E-state index in [4.69, 9.17) is 13.9 Å². The fourth-order valence-electron chi connectivity index (χ4n) is 4.94. The minimum absolute atomic E-state index is 0.0226. The van der Waals surface area contributed by atoms with E-state index >= 15 is 0 Å². The second-order valence-electron chi connectivity index (χ2n) is 9.96. The standard InChI is InChI=1S/C33H31NO6/c1-21(2)27-18-24(13-16-28(27)38-3)31(35)29-30(34(33(37)32(29)36)19-26-10-7-17-39-26)23-11-14-25(15-12-23)40-20-22-8-5-4-6-9-22/h4-18,21,30,35H,19-20H2,1-3H3/b31-29-. The summed E-state index contributed by atoms with van der Waals surface area (Å²) in [5, 5.41) is 11.5. The van der Waals surface area contributed by atoms with Gasteiger partial charge in [-0.15, -0.1) is 0 Å². The molecule has 1 fully saturated rings. The van der Waals surface area contributed by atoms with Gasteiger partial charge in [-0.25, -0.2) is 0 Å². The number of Topliss-reactive ketones (excluding diaryl/α,β-unsaturated/α-hetero) is 1. The molecule has 7 nitrogen and oxygen atoms in total. The van der Waals surface area contributed by atoms with Crippen molar-refractivity contribution in [1.82, 2.24) is 4.90 Å². The molecule has 7 heteroatoms. The Morgan fingerprint density at radius 1 is 0.975 bits per heavy atom. The predicted octanol–water partition coefficient (Wildman–Crippen LogP) is 6.61. The molecular formula is C33H31NO6. The zero-order valence-electron chi connectivity index (χ0n) is 22.7. The van der Waals surface area contributed by atoms with E-state index in [1.165, 1.54) is 11.2 Å². The Morgan fingerprint density at radius 3 is 2.38 bits per heavy atom. The summed E-state index contributed by atoms with van der Waals surface area (Å²) in [6.07, 6.45) is 1.52. The normalized spacial score (nSPS) is 16.5. The van der Waals surface area contributed by atoms with Crippen LogP contribution >= 0.6 is 0 Å². The van der Waals surface area contributed by atoms with Crippen LogP contribution in [-0.4, -0.2) is 28.8 Å². The Morgan fingerprint density at radius 2 is 1.73 bits per heavy atom. The van der Waals surface area contributed by atoms with Gasteiger partial charge in [0.25, 0.3) is 11.7 Å². The number of hydrogen-bond donors (Lipinski definition) is 1. The molecule has 1 unspecified atom stereocenters. The Hall–Kier alpha value is -4.78. The molecule has 1 aromatic heterocycles. The fraction of sp³-hybridized carbons (Fsp3) is 0.212. The number of amides is 1. The molecule has 0 aliphatic carbocycles. The van der Waals surface area contributed by atoms with Crippen molar-refractivity contribution in [2.75, 3.05) is 7.11 Å². The molecule has 0 radical (unpaired) electrons. The number of benzene rings is 3. The highest BCUT2D eigenvalue weighted by molar-refractivity contribution is 6.46. The number of ether oxygens (including phenoxy) is 2. The molecule has 1 aliphatic heterocycles. The van der Waals surface area contributed by atoms with E-state index in [9.17, 15) is 14.7 Å². The van der Waals surface area contributed by atoms with Crippen LogP contribution in [0.25, 0.3) is 5.76 Å². The third-order valence-electron chi connectivity index (χ3n) is 7.02. The van der Waals surface area contributed by atoms with E-state index in [1.54, 1.807) is 49.6 Å². The second-order valence-corrected chi connectivity index (χ2v) is 9.96. The summed E-state index contributed by atoms with van der Waals surface area (Å²) < 4.78 is 16.9. The molecule has 2 heterocycles. The van der Waals surface area contributed by atoms with Crippen molar-refractivity contribution in [2.24, 2.45) is 0 Å². The maximum Gasteiger partial charge on any atom is 0.296 e. The number of carbonyl (C=O) groups is 2. The Bertz CT molecular complexity index is 1520. The van der Waals surface area contributed by atoms with E-state index < -0.39 is 17.7 Å². The summed E-state index contributed by atoms with van der Waals surface area (Å²) >= 11 is 0. The van der Waals surface area contributed by atoms with Crippen molar-refractivity contribution < 1.29 is 28.6 Å². The predicted molar refractivity (Wildman–Crippen MR) is 151 cm³/mol. The summed E-state index contributed by atoms with van der Waals surface area (Å²) in [6, 6.07) is 25.0. The van der Waals surface area contributed by atoms with Gasteiger partial charge in [-0.1, -0.05) is 56.3 Å². The first-order valence-corrected chi connectivity index (χ1v) is 13.1. The Labute approximate surface area is 233 Å². The lowest BCUT2D eigenvalue weighted by Crippen LogP contribution is -2.29. The van der Waals surface area contributed by atoms with E-state index in [2.05, 4.69) is 0 Å². The molecule has 0 spiro atoms. The minimum Gasteiger partial charge on any atom is -0.507 e. The molecule has 0 bridgehead atoms. The third-order valence-corrected chi connectivity index (χ3v) is 7.02. The van der Waals surface area contributed by atoms with Gasteiger partial charge >= 0.3 is 0 Å². The number of aliphatic hydroxyl groups excluding tert-OH is 1. The van der Waals surface area contributed by atoms with Crippen LogP contribution in [0.2, 0.25) is 0 Å². The fourth-order valence-corrected chi connectivity index (χ4v) is 4.94. The molecule has 1 atom stereocenters. The van der Waals surface area contributed by atoms with Crippen molar-refractivity contribution in [3.8, 4) is 11.5 Å². The van der Waals surface area contributed by atoms with Crippen LogP contribution < -0.4 is 9.47 Å². The molecule has 204 valence electrons. The number of carbonyl (C=O) groups excluding carboxylic acids is 2. The monoisotopic (exact) mass is 537 g/mol. The van der Waals surface area contributed by atoms with Gasteiger partial charge in [0.2, 0.25) is 0 Å². The van der Waals surface area contributed by atoms with E-state index in [1.807, 2.05) is 56.3 Å². The zero-order chi connectivity index (χ0) is 28.2. The van der Waals surface area contributed by atoms with Crippen LogP contribution in [0, 0.1) is 0 Å².